The number of halogens is 1. The second kappa shape index (κ2) is 5.85. The highest BCUT2D eigenvalue weighted by Gasteiger charge is 2.32. The lowest BCUT2D eigenvalue weighted by Crippen LogP contribution is -2.47. The van der Waals surface area contributed by atoms with Gasteiger partial charge in [0.1, 0.15) is 0 Å². The van der Waals surface area contributed by atoms with Crippen molar-refractivity contribution in [1.82, 2.24) is 4.90 Å². The maximum absolute atomic E-state index is 5.58. The molecule has 15 heavy (non-hydrogen) atoms. The Balaban J connectivity index is 1.92. The molecule has 0 aromatic heterocycles. The van der Waals surface area contributed by atoms with Gasteiger partial charge in [-0.15, -0.1) is 0 Å². The van der Waals surface area contributed by atoms with E-state index in [-0.39, 0.29) is 6.29 Å². The third-order valence-corrected chi connectivity index (χ3v) is 3.23. The zero-order valence-corrected chi connectivity index (χ0v) is 9.66. The Morgan fingerprint density at radius 3 is 2.80 bits per heavy atom. The summed E-state index contributed by atoms with van der Waals surface area (Å²) in [5, 5.41) is 0. The van der Waals surface area contributed by atoms with E-state index in [1.54, 1.807) is 5.54 Å². The van der Waals surface area contributed by atoms with E-state index in [0.717, 1.165) is 26.3 Å². The van der Waals surface area contributed by atoms with E-state index in [9.17, 15) is 0 Å². The largest absolute Gasteiger partial charge is 0.349 e. The van der Waals surface area contributed by atoms with Crippen LogP contribution in [0.3, 0.4) is 0 Å². The van der Waals surface area contributed by atoms with Gasteiger partial charge < -0.3 is 9.47 Å². The predicted molar refractivity (Wildman–Crippen MR) is 59.9 cm³/mol. The van der Waals surface area contributed by atoms with Gasteiger partial charge >= 0.3 is 0 Å². The maximum atomic E-state index is 5.58. The molecule has 0 spiro atoms. The second-order valence-corrected chi connectivity index (χ2v) is 4.28. The minimum atomic E-state index is -0.0194. The summed E-state index contributed by atoms with van der Waals surface area (Å²) < 4.78 is 11.2. The van der Waals surface area contributed by atoms with Crippen LogP contribution in [0.4, 0.5) is 0 Å². The van der Waals surface area contributed by atoms with Crippen molar-refractivity contribution in [1.29, 1.82) is 0 Å². The second-order valence-electron chi connectivity index (χ2n) is 4.03. The molecule has 2 saturated heterocycles. The van der Waals surface area contributed by atoms with Crippen molar-refractivity contribution in [3.05, 3.63) is 11.6 Å². The Kier molecular flexibility index (Phi) is 4.44. The molecule has 0 N–H and O–H groups in total. The van der Waals surface area contributed by atoms with E-state index in [1.807, 2.05) is 6.08 Å². The lowest BCUT2D eigenvalue weighted by molar-refractivity contribution is -0.106. The van der Waals surface area contributed by atoms with Crippen LogP contribution in [-0.2, 0) is 9.47 Å². The molecule has 0 radical (unpaired) electrons. The monoisotopic (exact) mass is 231 g/mol. The van der Waals surface area contributed by atoms with Gasteiger partial charge in [0.25, 0.3) is 0 Å². The molecule has 2 aliphatic heterocycles. The quantitative estimate of drug-likeness (QED) is 0.741. The van der Waals surface area contributed by atoms with Crippen LogP contribution >= 0.6 is 11.6 Å². The van der Waals surface area contributed by atoms with Crippen LogP contribution in [0.1, 0.15) is 19.3 Å². The number of ether oxygens (including phenoxy) is 2. The fraction of sp³-hybridized carbons (Fsp3) is 0.818. The molecule has 0 amide bonds. The average molecular weight is 232 g/mol. The number of nitrogens with zero attached hydrogens (tertiary/aromatic N) is 1. The van der Waals surface area contributed by atoms with Crippen molar-refractivity contribution in [3.63, 3.8) is 0 Å². The van der Waals surface area contributed by atoms with Crippen molar-refractivity contribution >= 4 is 11.6 Å². The molecule has 0 aromatic carbocycles. The van der Waals surface area contributed by atoms with Crippen molar-refractivity contribution in [2.75, 3.05) is 26.3 Å². The fourth-order valence-corrected chi connectivity index (χ4v) is 2.41. The van der Waals surface area contributed by atoms with Crippen molar-refractivity contribution in [3.8, 4) is 0 Å². The minimum Gasteiger partial charge on any atom is -0.349 e. The average Bonchev–Trinajstić information content (AvgIpc) is 2.80. The summed E-state index contributed by atoms with van der Waals surface area (Å²) in [7, 11) is 0. The lowest BCUT2D eigenvalue weighted by Gasteiger charge is -2.37. The van der Waals surface area contributed by atoms with E-state index < -0.39 is 0 Å². The number of likely N-dealkylation sites (tertiary alicyclic amines) is 1. The molecule has 4 heteroatoms. The molecule has 0 aromatic rings. The van der Waals surface area contributed by atoms with Gasteiger partial charge in [-0.3, -0.25) is 4.90 Å². The van der Waals surface area contributed by atoms with Crippen LogP contribution in [-0.4, -0.2) is 43.5 Å². The normalized spacial score (nSPS) is 30.3. The molecule has 2 heterocycles. The third-order valence-electron chi connectivity index (χ3n) is 3.05. The molecule has 1 unspecified atom stereocenters. The highest BCUT2D eigenvalue weighted by Crippen LogP contribution is 2.24. The number of piperidine rings is 1. The van der Waals surface area contributed by atoms with Crippen molar-refractivity contribution < 1.29 is 9.47 Å². The van der Waals surface area contributed by atoms with Crippen LogP contribution in [0.25, 0.3) is 0 Å². The Labute approximate surface area is 96.0 Å². The number of rotatable bonds is 3. The van der Waals surface area contributed by atoms with Crippen molar-refractivity contribution in [2.24, 2.45) is 0 Å². The highest BCUT2D eigenvalue weighted by molar-refractivity contribution is 6.25. The summed E-state index contributed by atoms with van der Waals surface area (Å²) in [6, 6.07) is 0.411. The molecule has 2 rings (SSSR count). The van der Waals surface area contributed by atoms with Gasteiger partial charge in [0.05, 0.1) is 19.3 Å². The topological polar surface area (TPSA) is 21.7 Å². The van der Waals surface area contributed by atoms with Gasteiger partial charge in [-0.25, -0.2) is 0 Å². The Morgan fingerprint density at radius 2 is 2.07 bits per heavy atom. The van der Waals surface area contributed by atoms with Crippen LogP contribution in [0.15, 0.2) is 11.6 Å². The van der Waals surface area contributed by atoms with Crippen LogP contribution in [0.2, 0.25) is 0 Å². The summed E-state index contributed by atoms with van der Waals surface area (Å²) in [6.07, 6.45) is 5.67. The Bertz CT molecular complexity index is 217. The summed E-state index contributed by atoms with van der Waals surface area (Å²) in [5.74, 6) is 0. The first-order valence-corrected chi connectivity index (χ1v) is 6.08. The lowest BCUT2D eigenvalue weighted by atomic mass is 10.0. The molecule has 3 nitrogen and oxygen atoms in total. The van der Waals surface area contributed by atoms with Gasteiger partial charge in [0.2, 0.25) is 0 Å². The fourth-order valence-electron chi connectivity index (χ4n) is 2.33. The molecule has 1 atom stereocenters. The van der Waals surface area contributed by atoms with Gasteiger partial charge in [-0.1, -0.05) is 24.1 Å². The molecule has 86 valence electrons. The Morgan fingerprint density at radius 1 is 1.27 bits per heavy atom. The molecule has 0 saturated carbocycles. The summed E-state index contributed by atoms with van der Waals surface area (Å²) in [4.78, 5) is 2.40. The molecule has 0 aliphatic carbocycles. The molecular weight excluding hydrogens is 214 g/mol. The molecule has 2 aliphatic rings. The van der Waals surface area contributed by atoms with Gasteiger partial charge in [-0.2, -0.15) is 0 Å². The van der Waals surface area contributed by atoms with E-state index in [2.05, 4.69) is 4.90 Å². The van der Waals surface area contributed by atoms with Crippen LogP contribution in [0.5, 0.6) is 0 Å². The summed E-state index contributed by atoms with van der Waals surface area (Å²) in [5.41, 5.74) is 1.59. The number of hydrogen-bond donors (Lipinski definition) is 0. The standard InChI is InChI=1S/C11H18ClNO2/c12-5-3-7-13-6-2-1-4-10(13)11-14-8-9-15-11/h3,5,10-11H,1-2,4,6-9H2/b5-3+. The van der Waals surface area contributed by atoms with Crippen molar-refractivity contribution in [2.45, 2.75) is 31.6 Å². The summed E-state index contributed by atoms with van der Waals surface area (Å²) >= 11 is 5.56. The summed E-state index contributed by atoms with van der Waals surface area (Å²) in [6.45, 7) is 3.49. The van der Waals surface area contributed by atoms with E-state index >= 15 is 0 Å². The SMILES string of the molecule is Cl/C=C/CN1CCCCC1C1OCCO1. The van der Waals surface area contributed by atoms with E-state index in [0.29, 0.717) is 6.04 Å². The molecular formula is C11H18ClNO2. The van der Waals surface area contributed by atoms with Gasteiger partial charge in [0, 0.05) is 12.1 Å². The van der Waals surface area contributed by atoms with Gasteiger partial charge in [0.15, 0.2) is 6.29 Å². The zero-order chi connectivity index (χ0) is 10.5. The molecule has 0 bridgehead atoms. The van der Waals surface area contributed by atoms with E-state index in [4.69, 9.17) is 21.1 Å². The minimum absolute atomic E-state index is 0.0194. The first kappa shape index (κ1) is 11.4. The Hall–Kier alpha value is -0.0900. The van der Waals surface area contributed by atoms with Gasteiger partial charge in [-0.05, 0) is 19.4 Å². The highest BCUT2D eigenvalue weighted by atomic mass is 35.5. The number of hydrogen-bond acceptors (Lipinski definition) is 3. The smallest absolute Gasteiger partial charge is 0.173 e. The zero-order valence-electron chi connectivity index (χ0n) is 8.90. The van der Waals surface area contributed by atoms with Crippen LogP contribution in [0, 0.1) is 0 Å². The first-order valence-electron chi connectivity index (χ1n) is 5.64. The van der Waals surface area contributed by atoms with E-state index in [1.165, 1.54) is 19.3 Å². The first-order chi connectivity index (χ1) is 7.42. The maximum Gasteiger partial charge on any atom is 0.173 e. The third kappa shape index (κ3) is 2.94. The van der Waals surface area contributed by atoms with Crippen LogP contribution < -0.4 is 0 Å². The predicted octanol–water partition coefficient (Wildman–Crippen LogP) is 1.97. The molecule has 2 fully saturated rings.